The van der Waals surface area contributed by atoms with Gasteiger partial charge in [-0.2, -0.15) is 5.10 Å². The van der Waals surface area contributed by atoms with Crippen LogP contribution in [-0.4, -0.2) is 32.5 Å². The molecule has 6 nitrogen and oxygen atoms in total. The van der Waals surface area contributed by atoms with Crippen molar-refractivity contribution in [2.75, 3.05) is 5.75 Å². The van der Waals surface area contributed by atoms with Crippen molar-refractivity contribution in [1.29, 1.82) is 0 Å². The lowest BCUT2D eigenvalue weighted by molar-refractivity contribution is -0.118. The van der Waals surface area contributed by atoms with E-state index in [2.05, 4.69) is 27.0 Å². The Hall–Kier alpha value is -2.80. The highest BCUT2D eigenvalue weighted by Gasteiger charge is 2.11. The number of nitrogens with one attached hydrogen (secondary N) is 1. The molecule has 0 fully saturated rings. The molecule has 3 aromatic rings. The first-order chi connectivity index (χ1) is 12.2. The van der Waals surface area contributed by atoms with Gasteiger partial charge in [0.25, 0.3) is 5.91 Å². The van der Waals surface area contributed by atoms with Crippen molar-refractivity contribution in [3.63, 3.8) is 0 Å². The summed E-state index contributed by atoms with van der Waals surface area (Å²) in [6.07, 6.45) is 1.53. The molecule has 0 saturated heterocycles. The quantitative estimate of drug-likeness (QED) is 0.405. The number of carbonyl (C=O) groups excluding carboxylic acids is 1. The summed E-state index contributed by atoms with van der Waals surface area (Å²) >= 11 is 1.39. The van der Waals surface area contributed by atoms with E-state index < -0.39 is 0 Å². The maximum Gasteiger partial charge on any atom is 0.250 e. The Bertz CT molecular complexity index is 903. The average molecular weight is 354 g/mol. The number of phenolic OH excluding ortho intramolecular Hbond substituents is 1. The van der Waals surface area contributed by atoms with Gasteiger partial charge in [0, 0.05) is 6.54 Å². The number of rotatable bonds is 6. The smallest absolute Gasteiger partial charge is 0.250 e. The standard InChI is InChI=1S/C18H18N4O2S/c1-2-22-16-6-4-3-5-15(16)20-18(22)25-12-17(24)21-19-11-13-7-9-14(23)10-8-13/h3-11,23H,2,12H2,1H3,(H,21,24)/b19-11-. The maximum absolute atomic E-state index is 12.0. The number of hydrogen-bond acceptors (Lipinski definition) is 5. The van der Waals surface area contributed by atoms with E-state index in [-0.39, 0.29) is 17.4 Å². The number of imidazole rings is 1. The lowest BCUT2D eigenvalue weighted by Gasteiger charge is -2.04. The molecule has 7 heteroatoms. The molecule has 0 aliphatic carbocycles. The zero-order chi connectivity index (χ0) is 17.6. The van der Waals surface area contributed by atoms with Gasteiger partial charge in [0.2, 0.25) is 0 Å². The minimum atomic E-state index is -0.199. The molecule has 0 saturated carbocycles. The van der Waals surface area contributed by atoms with Crippen LogP contribution in [0.4, 0.5) is 0 Å². The summed E-state index contributed by atoms with van der Waals surface area (Å²) in [4.78, 5) is 16.5. The number of carbonyl (C=O) groups is 1. The van der Waals surface area contributed by atoms with Crippen LogP contribution in [-0.2, 0) is 11.3 Å². The van der Waals surface area contributed by atoms with Gasteiger partial charge >= 0.3 is 0 Å². The van der Waals surface area contributed by atoms with Crippen LogP contribution in [0.25, 0.3) is 11.0 Å². The first-order valence-electron chi connectivity index (χ1n) is 7.86. The van der Waals surface area contributed by atoms with Gasteiger partial charge in [-0.3, -0.25) is 4.79 Å². The lowest BCUT2D eigenvalue weighted by atomic mass is 10.2. The predicted molar refractivity (Wildman–Crippen MR) is 100.0 cm³/mol. The molecule has 25 heavy (non-hydrogen) atoms. The third-order valence-electron chi connectivity index (χ3n) is 3.56. The van der Waals surface area contributed by atoms with E-state index in [9.17, 15) is 9.90 Å². The molecule has 0 spiro atoms. The van der Waals surface area contributed by atoms with Crippen molar-refractivity contribution in [3.8, 4) is 5.75 Å². The Morgan fingerprint density at radius 1 is 1.28 bits per heavy atom. The largest absolute Gasteiger partial charge is 0.508 e. The number of aromatic nitrogens is 2. The van der Waals surface area contributed by atoms with E-state index in [1.165, 1.54) is 18.0 Å². The third-order valence-corrected chi connectivity index (χ3v) is 4.54. The molecule has 1 amide bonds. The van der Waals surface area contributed by atoms with E-state index in [0.717, 1.165) is 28.3 Å². The fourth-order valence-corrected chi connectivity index (χ4v) is 3.24. The topological polar surface area (TPSA) is 79.5 Å². The van der Waals surface area contributed by atoms with E-state index in [1.807, 2.05) is 24.3 Å². The number of aromatic hydroxyl groups is 1. The van der Waals surface area contributed by atoms with E-state index in [4.69, 9.17) is 0 Å². The van der Waals surface area contributed by atoms with Crippen LogP contribution >= 0.6 is 11.8 Å². The van der Waals surface area contributed by atoms with Gasteiger partial charge in [-0.05, 0) is 48.9 Å². The van der Waals surface area contributed by atoms with Crippen LogP contribution < -0.4 is 5.43 Å². The first-order valence-corrected chi connectivity index (χ1v) is 8.85. The molecule has 0 unspecified atom stereocenters. The number of phenols is 1. The molecule has 0 atom stereocenters. The van der Waals surface area contributed by atoms with Gasteiger partial charge in [0.1, 0.15) is 5.75 Å². The van der Waals surface area contributed by atoms with Gasteiger partial charge in [0.05, 0.1) is 23.0 Å². The fraction of sp³-hybridized carbons (Fsp3) is 0.167. The molecular formula is C18H18N4O2S. The van der Waals surface area contributed by atoms with Crippen LogP contribution in [0, 0.1) is 0 Å². The van der Waals surface area contributed by atoms with Crippen molar-refractivity contribution in [2.45, 2.75) is 18.6 Å². The number of aryl methyl sites for hydroxylation is 1. The number of hydrogen-bond donors (Lipinski definition) is 2. The predicted octanol–water partition coefficient (Wildman–Crippen LogP) is 3.00. The molecule has 3 rings (SSSR count). The summed E-state index contributed by atoms with van der Waals surface area (Å²) in [5, 5.41) is 14.0. The second-order valence-electron chi connectivity index (χ2n) is 5.30. The Kier molecular flexibility index (Phi) is 5.35. The summed E-state index contributed by atoms with van der Waals surface area (Å²) in [7, 11) is 0. The highest BCUT2D eigenvalue weighted by atomic mass is 32.2. The van der Waals surface area contributed by atoms with E-state index in [1.54, 1.807) is 24.3 Å². The highest BCUT2D eigenvalue weighted by molar-refractivity contribution is 7.99. The number of para-hydroxylation sites is 2. The summed E-state index contributed by atoms with van der Waals surface area (Å²) < 4.78 is 2.09. The maximum atomic E-state index is 12.0. The number of thioether (sulfide) groups is 1. The van der Waals surface area contributed by atoms with Crippen molar-refractivity contribution >= 4 is 34.9 Å². The van der Waals surface area contributed by atoms with Gasteiger partial charge in [-0.25, -0.2) is 10.4 Å². The summed E-state index contributed by atoms with van der Waals surface area (Å²) in [5.41, 5.74) is 5.28. The van der Waals surface area contributed by atoms with Crippen LogP contribution in [0.5, 0.6) is 5.75 Å². The van der Waals surface area contributed by atoms with Crippen molar-refractivity contribution in [3.05, 3.63) is 54.1 Å². The van der Waals surface area contributed by atoms with Crippen molar-refractivity contribution in [1.82, 2.24) is 15.0 Å². The van der Waals surface area contributed by atoms with Crippen LogP contribution in [0.1, 0.15) is 12.5 Å². The third kappa shape index (κ3) is 4.19. The second kappa shape index (κ2) is 7.85. The number of hydrazone groups is 1. The molecule has 0 aliphatic rings. The van der Waals surface area contributed by atoms with E-state index >= 15 is 0 Å². The summed E-state index contributed by atoms with van der Waals surface area (Å²) in [6.45, 7) is 2.85. The van der Waals surface area contributed by atoms with Gasteiger partial charge in [-0.1, -0.05) is 23.9 Å². The van der Waals surface area contributed by atoms with Crippen molar-refractivity contribution < 1.29 is 9.90 Å². The van der Waals surface area contributed by atoms with Crippen LogP contribution in [0.15, 0.2) is 58.8 Å². The highest BCUT2D eigenvalue weighted by Crippen LogP contribution is 2.23. The van der Waals surface area contributed by atoms with Gasteiger partial charge < -0.3 is 9.67 Å². The normalized spacial score (nSPS) is 11.2. The van der Waals surface area contributed by atoms with E-state index in [0.29, 0.717) is 0 Å². The summed E-state index contributed by atoms with van der Waals surface area (Å²) in [6, 6.07) is 14.5. The zero-order valence-corrected chi connectivity index (χ0v) is 14.5. The second-order valence-corrected chi connectivity index (χ2v) is 6.24. The first kappa shape index (κ1) is 17.0. The number of nitrogens with zero attached hydrogens (tertiary/aromatic N) is 3. The summed E-state index contributed by atoms with van der Waals surface area (Å²) in [5.74, 6) is 0.224. The Balaban J connectivity index is 1.58. The van der Waals surface area contributed by atoms with Crippen LogP contribution in [0.3, 0.4) is 0 Å². The fourth-order valence-electron chi connectivity index (χ4n) is 2.37. The van der Waals surface area contributed by atoms with Crippen molar-refractivity contribution in [2.24, 2.45) is 5.10 Å². The molecule has 128 valence electrons. The number of amides is 1. The monoisotopic (exact) mass is 354 g/mol. The Labute approximate surface area is 149 Å². The molecule has 0 radical (unpaired) electrons. The molecule has 0 bridgehead atoms. The zero-order valence-electron chi connectivity index (χ0n) is 13.7. The number of fused-ring (bicyclic) bond motifs is 1. The van der Waals surface area contributed by atoms with Crippen LogP contribution in [0.2, 0.25) is 0 Å². The molecule has 2 aromatic carbocycles. The number of benzene rings is 2. The van der Waals surface area contributed by atoms with Gasteiger partial charge in [0.15, 0.2) is 5.16 Å². The SMILES string of the molecule is CCn1c(SCC(=O)N/N=C\c2ccc(O)cc2)nc2ccccc21. The Morgan fingerprint density at radius 2 is 2.04 bits per heavy atom. The molecular weight excluding hydrogens is 336 g/mol. The lowest BCUT2D eigenvalue weighted by Crippen LogP contribution is -2.20. The van der Waals surface area contributed by atoms with Gasteiger partial charge in [-0.15, -0.1) is 0 Å². The minimum Gasteiger partial charge on any atom is -0.508 e. The molecule has 0 aliphatic heterocycles. The molecule has 1 heterocycles. The Morgan fingerprint density at radius 3 is 2.80 bits per heavy atom. The average Bonchev–Trinajstić information content (AvgIpc) is 2.99. The molecule has 1 aromatic heterocycles. The molecule has 2 N–H and O–H groups in total. The minimum absolute atomic E-state index is 0.191.